The summed E-state index contributed by atoms with van der Waals surface area (Å²) in [6, 6.07) is 17.4. The van der Waals surface area contributed by atoms with Gasteiger partial charge >= 0.3 is 5.97 Å². The van der Waals surface area contributed by atoms with Crippen molar-refractivity contribution in [1.82, 2.24) is 4.90 Å². The number of amides is 1. The standard InChI is InChI=1S/C29H29Cl2FN2O6S/c1-3-22(17-33(41(2,38)39)24-10-5-4-9-23(24)32)34-27(18-11-13-20(30)14-12-18)28(19-7-6-8-21(31)15-19)40-25(29(34)37)16-26(35)36/h4-15,22,25,27-28H,3,16-17H2,1-2H3,(H,35,36)/t22-,25-,27+,28+/m1/s1. The van der Waals surface area contributed by atoms with E-state index in [-0.39, 0.29) is 18.7 Å². The molecule has 1 heterocycles. The van der Waals surface area contributed by atoms with Crippen LogP contribution in [0.25, 0.3) is 0 Å². The van der Waals surface area contributed by atoms with Crippen molar-refractivity contribution in [3.8, 4) is 0 Å². The summed E-state index contributed by atoms with van der Waals surface area (Å²) in [6.07, 6.45) is -1.62. The number of carbonyl (C=O) groups excluding carboxylic acids is 1. The molecule has 0 unspecified atom stereocenters. The lowest BCUT2D eigenvalue weighted by molar-refractivity contribution is -0.183. The number of ether oxygens (including phenoxy) is 1. The number of aliphatic carboxylic acids is 1. The predicted octanol–water partition coefficient (Wildman–Crippen LogP) is 5.86. The molecule has 218 valence electrons. The van der Waals surface area contributed by atoms with Gasteiger partial charge in [0.2, 0.25) is 10.0 Å². The summed E-state index contributed by atoms with van der Waals surface area (Å²) in [7, 11) is -4.00. The Morgan fingerprint density at radius 1 is 1.05 bits per heavy atom. The van der Waals surface area contributed by atoms with Crippen LogP contribution in [0, 0.1) is 5.82 Å². The highest BCUT2D eigenvalue weighted by Gasteiger charge is 2.47. The van der Waals surface area contributed by atoms with Gasteiger partial charge in [-0.05, 0) is 53.9 Å². The maximum Gasteiger partial charge on any atom is 0.306 e. The molecule has 1 aliphatic heterocycles. The monoisotopic (exact) mass is 622 g/mol. The first-order valence-electron chi connectivity index (χ1n) is 12.8. The van der Waals surface area contributed by atoms with Gasteiger partial charge in [-0.3, -0.25) is 13.9 Å². The maximum atomic E-state index is 14.9. The van der Waals surface area contributed by atoms with Crippen molar-refractivity contribution < 1.29 is 32.2 Å². The molecule has 3 aromatic carbocycles. The number of hydrogen-bond acceptors (Lipinski definition) is 5. The third-order valence-electron chi connectivity index (χ3n) is 6.94. The van der Waals surface area contributed by atoms with Gasteiger partial charge in [-0.1, -0.05) is 66.5 Å². The molecule has 41 heavy (non-hydrogen) atoms. The van der Waals surface area contributed by atoms with Crippen LogP contribution >= 0.6 is 23.2 Å². The Morgan fingerprint density at radius 3 is 2.32 bits per heavy atom. The van der Waals surface area contributed by atoms with E-state index in [2.05, 4.69) is 0 Å². The summed E-state index contributed by atoms with van der Waals surface area (Å²) < 4.78 is 47.9. The molecular formula is C29H29Cl2FN2O6S. The van der Waals surface area contributed by atoms with E-state index in [0.29, 0.717) is 21.2 Å². The first kappa shape index (κ1) is 30.8. The second-order valence-electron chi connectivity index (χ2n) is 9.75. The Labute approximate surface area is 248 Å². The first-order valence-corrected chi connectivity index (χ1v) is 15.4. The highest BCUT2D eigenvalue weighted by atomic mass is 35.5. The smallest absolute Gasteiger partial charge is 0.306 e. The van der Waals surface area contributed by atoms with Gasteiger partial charge in [-0.25, -0.2) is 12.8 Å². The van der Waals surface area contributed by atoms with E-state index < -0.39 is 58.4 Å². The van der Waals surface area contributed by atoms with Crippen molar-refractivity contribution in [2.24, 2.45) is 0 Å². The van der Waals surface area contributed by atoms with Crippen molar-refractivity contribution in [3.63, 3.8) is 0 Å². The van der Waals surface area contributed by atoms with Crippen molar-refractivity contribution in [2.45, 2.75) is 44.1 Å². The number of para-hydroxylation sites is 1. The molecule has 4 atom stereocenters. The van der Waals surface area contributed by atoms with Crippen LogP contribution in [-0.4, -0.2) is 55.2 Å². The van der Waals surface area contributed by atoms with Gasteiger partial charge in [0.25, 0.3) is 5.91 Å². The van der Waals surface area contributed by atoms with Crippen LogP contribution in [0.3, 0.4) is 0 Å². The summed E-state index contributed by atoms with van der Waals surface area (Å²) in [5.74, 6) is -2.61. The normalized spacial score (nSPS) is 20.1. The van der Waals surface area contributed by atoms with Crippen molar-refractivity contribution in [2.75, 3.05) is 17.1 Å². The van der Waals surface area contributed by atoms with Gasteiger partial charge in [0.15, 0.2) is 0 Å². The van der Waals surface area contributed by atoms with Crippen LogP contribution in [0.1, 0.15) is 43.0 Å². The molecular weight excluding hydrogens is 594 g/mol. The Bertz CT molecular complexity index is 1520. The van der Waals surface area contributed by atoms with Crippen LogP contribution < -0.4 is 4.31 Å². The van der Waals surface area contributed by atoms with E-state index >= 15 is 0 Å². The lowest BCUT2D eigenvalue weighted by Gasteiger charge is -2.48. The number of carboxylic acids is 1. The van der Waals surface area contributed by atoms with E-state index in [9.17, 15) is 27.5 Å². The molecule has 0 aromatic heterocycles. The number of anilines is 1. The minimum absolute atomic E-state index is 0.161. The van der Waals surface area contributed by atoms with Crippen LogP contribution in [0.2, 0.25) is 10.0 Å². The van der Waals surface area contributed by atoms with Crippen molar-refractivity contribution in [3.05, 3.63) is 99.8 Å². The van der Waals surface area contributed by atoms with E-state index in [0.717, 1.165) is 16.6 Å². The molecule has 4 rings (SSSR count). The summed E-state index contributed by atoms with van der Waals surface area (Å²) in [6.45, 7) is 1.49. The first-order chi connectivity index (χ1) is 19.4. The molecule has 0 aliphatic carbocycles. The summed E-state index contributed by atoms with van der Waals surface area (Å²) in [5.41, 5.74) is 1.05. The molecule has 0 spiro atoms. The lowest BCUT2D eigenvalue weighted by atomic mass is 9.89. The molecule has 0 bridgehead atoms. The number of carboxylic acid groups (broad SMARTS) is 1. The molecule has 0 saturated carbocycles. The Kier molecular flexibility index (Phi) is 9.59. The van der Waals surface area contributed by atoms with Gasteiger partial charge in [0.05, 0.1) is 37.0 Å². The number of benzene rings is 3. The minimum atomic E-state index is -4.00. The number of nitrogens with zero attached hydrogens (tertiary/aromatic N) is 2. The Balaban J connectivity index is 1.89. The molecule has 1 amide bonds. The number of sulfonamides is 1. The van der Waals surface area contributed by atoms with Gasteiger partial charge in [-0.15, -0.1) is 0 Å². The fourth-order valence-corrected chi connectivity index (χ4v) is 6.34. The predicted molar refractivity (Wildman–Crippen MR) is 155 cm³/mol. The number of hydrogen-bond donors (Lipinski definition) is 1. The van der Waals surface area contributed by atoms with Crippen molar-refractivity contribution >= 4 is 50.8 Å². The third kappa shape index (κ3) is 7.01. The van der Waals surface area contributed by atoms with Gasteiger partial charge in [0.1, 0.15) is 18.0 Å². The zero-order valence-electron chi connectivity index (χ0n) is 22.3. The maximum absolute atomic E-state index is 14.9. The van der Waals surface area contributed by atoms with E-state index in [1.165, 1.54) is 23.1 Å². The second-order valence-corrected chi connectivity index (χ2v) is 12.5. The van der Waals surface area contributed by atoms with Gasteiger partial charge in [-0.2, -0.15) is 0 Å². The highest BCUT2D eigenvalue weighted by Crippen LogP contribution is 2.45. The SMILES string of the molecule is CC[C@H](CN(c1ccccc1F)S(C)(=O)=O)N1C(=O)[C@@H](CC(=O)O)O[C@@H](c2cccc(Cl)c2)[C@@H]1c1ccc(Cl)cc1. The van der Waals surface area contributed by atoms with Gasteiger partial charge in [0, 0.05) is 10.0 Å². The number of morpholine rings is 1. The van der Waals surface area contributed by atoms with E-state index in [1.807, 2.05) is 0 Å². The van der Waals surface area contributed by atoms with Crippen molar-refractivity contribution in [1.29, 1.82) is 0 Å². The van der Waals surface area contributed by atoms with E-state index in [1.54, 1.807) is 55.5 Å². The zero-order valence-corrected chi connectivity index (χ0v) is 24.6. The number of rotatable bonds is 10. The molecule has 1 N–H and O–H groups in total. The molecule has 8 nitrogen and oxygen atoms in total. The third-order valence-corrected chi connectivity index (χ3v) is 8.57. The van der Waals surface area contributed by atoms with Crippen LogP contribution in [-0.2, 0) is 24.3 Å². The lowest BCUT2D eigenvalue weighted by Crippen LogP contribution is -2.58. The molecule has 1 saturated heterocycles. The van der Waals surface area contributed by atoms with E-state index in [4.69, 9.17) is 27.9 Å². The average molecular weight is 624 g/mol. The Morgan fingerprint density at radius 2 is 1.73 bits per heavy atom. The summed E-state index contributed by atoms with van der Waals surface area (Å²) >= 11 is 12.5. The number of carbonyl (C=O) groups is 2. The fraction of sp³-hybridized carbons (Fsp3) is 0.310. The largest absolute Gasteiger partial charge is 0.481 e. The molecule has 1 aliphatic rings. The topological polar surface area (TPSA) is 104 Å². The van der Waals surface area contributed by atoms with Crippen LogP contribution in [0.4, 0.5) is 10.1 Å². The average Bonchev–Trinajstić information content (AvgIpc) is 2.91. The Hall–Kier alpha value is -3.18. The highest BCUT2D eigenvalue weighted by molar-refractivity contribution is 7.92. The fourth-order valence-electron chi connectivity index (χ4n) is 5.07. The second kappa shape index (κ2) is 12.8. The van der Waals surface area contributed by atoms with Crippen LogP contribution in [0.15, 0.2) is 72.8 Å². The molecule has 1 fully saturated rings. The summed E-state index contributed by atoms with van der Waals surface area (Å²) in [4.78, 5) is 27.3. The minimum Gasteiger partial charge on any atom is -0.481 e. The number of halogens is 3. The summed E-state index contributed by atoms with van der Waals surface area (Å²) in [5, 5.41) is 10.5. The zero-order chi connectivity index (χ0) is 29.9. The van der Waals surface area contributed by atoms with Crippen LogP contribution in [0.5, 0.6) is 0 Å². The molecule has 0 radical (unpaired) electrons. The quantitative estimate of drug-likeness (QED) is 0.304. The molecule has 12 heteroatoms. The molecule has 3 aromatic rings. The van der Waals surface area contributed by atoms with Gasteiger partial charge < -0.3 is 14.7 Å².